The predicted octanol–water partition coefficient (Wildman–Crippen LogP) is -0.0564. The number of nitrogens with one attached hydrogen (secondary N) is 1. The van der Waals surface area contributed by atoms with Gasteiger partial charge in [0.1, 0.15) is 0 Å². The average Bonchev–Trinajstić information content (AvgIpc) is 2.61. The van der Waals surface area contributed by atoms with Crippen LogP contribution in [0, 0.1) is 0 Å². The van der Waals surface area contributed by atoms with Crippen molar-refractivity contribution in [1.29, 1.82) is 0 Å². The van der Waals surface area contributed by atoms with Gasteiger partial charge >= 0.3 is 5.97 Å². The highest BCUT2D eigenvalue weighted by molar-refractivity contribution is 5.80. The molecule has 0 aliphatic heterocycles. The third kappa shape index (κ3) is 4.59. The van der Waals surface area contributed by atoms with E-state index >= 15 is 0 Å². The Labute approximate surface area is 93.3 Å². The van der Waals surface area contributed by atoms with Gasteiger partial charge in [-0.05, 0) is 6.07 Å². The molecular weight excluding hydrogens is 210 g/mol. The van der Waals surface area contributed by atoms with Gasteiger partial charge in [-0.2, -0.15) is 5.10 Å². The number of carboxylic acids is 1. The van der Waals surface area contributed by atoms with Crippen LogP contribution in [0.15, 0.2) is 12.3 Å². The third-order valence-electron chi connectivity index (χ3n) is 2.04. The maximum Gasteiger partial charge on any atom is 0.303 e. The first-order chi connectivity index (χ1) is 7.58. The van der Waals surface area contributed by atoms with Crippen molar-refractivity contribution < 1.29 is 14.7 Å². The van der Waals surface area contributed by atoms with Gasteiger partial charge in [0, 0.05) is 32.6 Å². The van der Waals surface area contributed by atoms with Crippen LogP contribution in [0.5, 0.6) is 0 Å². The van der Waals surface area contributed by atoms with Crippen molar-refractivity contribution in [3.05, 3.63) is 18.0 Å². The summed E-state index contributed by atoms with van der Waals surface area (Å²) < 4.78 is 1.70. The number of hydrogen-bond donors (Lipinski definition) is 2. The van der Waals surface area contributed by atoms with Crippen LogP contribution in [0.3, 0.4) is 0 Å². The summed E-state index contributed by atoms with van der Waals surface area (Å²) in [4.78, 5) is 21.4. The van der Waals surface area contributed by atoms with Gasteiger partial charge in [0.2, 0.25) is 5.91 Å². The van der Waals surface area contributed by atoms with Crippen molar-refractivity contribution in [1.82, 2.24) is 15.1 Å². The van der Waals surface area contributed by atoms with Crippen molar-refractivity contribution in [3.8, 4) is 0 Å². The van der Waals surface area contributed by atoms with E-state index in [2.05, 4.69) is 10.4 Å². The summed E-state index contributed by atoms with van der Waals surface area (Å²) in [6, 6.07) is 1.88. The lowest BCUT2D eigenvalue weighted by molar-refractivity contribution is -0.138. The molecule has 0 aromatic carbocycles. The number of carboxylic acid groups (broad SMARTS) is 1. The van der Waals surface area contributed by atoms with Crippen LogP contribution in [-0.4, -0.2) is 33.3 Å². The Morgan fingerprint density at radius 3 is 2.81 bits per heavy atom. The van der Waals surface area contributed by atoms with E-state index in [0.717, 1.165) is 5.69 Å². The Hall–Kier alpha value is -1.85. The first-order valence-corrected chi connectivity index (χ1v) is 5.05. The van der Waals surface area contributed by atoms with Crippen molar-refractivity contribution in [2.75, 3.05) is 6.54 Å². The molecule has 1 aromatic rings. The molecule has 6 heteroatoms. The van der Waals surface area contributed by atoms with Crippen LogP contribution in [0.2, 0.25) is 0 Å². The monoisotopic (exact) mass is 225 g/mol. The van der Waals surface area contributed by atoms with Gasteiger partial charge in [-0.25, -0.2) is 0 Å². The minimum atomic E-state index is -0.958. The molecule has 0 unspecified atom stereocenters. The second-order valence-corrected chi connectivity index (χ2v) is 3.47. The molecule has 2 N–H and O–H groups in total. The zero-order valence-corrected chi connectivity index (χ0v) is 9.14. The number of rotatable bonds is 6. The quantitative estimate of drug-likeness (QED) is 0.710. The number of carbonyl (C=O) groups is 2. The summed E-state index contributed by atoms with van der Waals surface area (Å²) in [5.41, 5.74) is 0.904. The lowest BCUT2D eigenvalue weighted by Crippen LogP contribution is -2.26. The molecular formula is C10H15N3O3. The molecule has 0 atom stereocenters. The largest absolute Gasteiger partial charge is 0.481 e. The van der Waals surface area contributed by atoms with E-state index in [9.17, 15) is 9.59 Å². The molecule has 1 aromatic heterocycles. The molecule has 0 bridgehead atoms. The molecule has 1 rings (SSSR count). The minimum Gasteiger partial charge on any atom is -0.481 e. The van der Waals surface area contributed by atoms with E-state index in [-0.39, 0.29) is 18.7 Å². The number of nitrogens with zero attached hydrogens (tertiary/aromatic N) is 2. The summed E-state index contributed by atoms with van der Waals surface area (Å²) in [5, 5.41) is 15.2. The summed E-state index contributed by atoms with van der Waals surface area (Å²) in [7, 11) is 1.83. The predicted molar refractivity (Wildman–Crippen MR) is 56.8 cm³/mol. The summed E-state index contributed by atoms with van der Waals surface area (Å²) in [6.45, 7) is 0.482. The zero-order valence-electron chi connectivity index (χ0n) is 9.14. The van der Waals surface area contributed by atoms with Crippen LogP contribution in [0.4, 0.5) is 0 Å². The Bertz CT molecular complexity index is 373. The molecule has 16 heavy (non-hydrogen) atoms. The standard InChI is InChI=1S/C10H15N3O3/c1-13-7-5-8(12-13)4-6-11-9(14)2-3-10(15)16/h5,7H,2-4,6H2,1H3,(H,11,14)(H,15,16). The second-order valence-electron chi connectivity index (χ2n) is 3.47. The summed E-state index contributed by atoms with van der Waals surface area (Å²) in [6.07, 6.45) is 2.38. The lowest BCUT2D eigenvalue weighted by atomic mass is 10.3. The van der Waals surface area contributed by atoms with E-state index in [4.69, 9.17) is 5.11 Å². The highest BCUT2D eigenvalue weighted by Gasteiger charge is 2.04. The van der Waals surface area contributed by atoms with Crippen LogP contribution >= 0.6 is 0 Å². The fourth-order valence-corrected chi connectivity index (χ4v) is 1.24. The van der Waals surface area contributed by atoms with E-state index in [0.29, 0.717) is 13.0 Å². The van der Waals surface area contributed by atoms with E-state index in [1.165, 1.54) is 0 Å². The Morgan fingerprint density at radius 2 is 2.25 bits per heavy atom. The first-order valence-electron chi connectivity index (χ1n) is 5.05. The van der Waals surface area contributed by atoms with Crippen molar-refractivity contribution >= 4 is 11.9 Å². The average molecular weight is 225 g/mol. The topological polar surface area (TPSA) is 84.2 Å². The Morgan fingerprint density at radius 1 is 1.50 bits per heavy atom. The number of amides is 1. The number of hydrogen-bond acceptors (Lipinski definition) is 3. The van der Waals surface area contributed by atoms with Crippen molar-refractivity contribution in [2.45, 2.75) is 19.3 Å². The molecule has 1 heterocycles. The maximum atomic E-state index is 11.1. The van der Waals surface area contributed by atoms with Crippen LogP contribution < -0.4 is 5.32 Å². The SMILES string of the molecule is Cn1ccc(CCNC(=O)CCC(=O)O)n1. The molecule has 0 spiro atoms. The number of aliphatic carboxylic acids is 1. The molecule has 0 radical (unpaired) electrons. The maximum absolute atomic E-state index is 11.1. The highest BCUT2D eigenvalue weighted by atomic mass is 16.4. The zero-order chi connectivity index (χ0) is 12.0. The first kappa shape index (κ1) is 12.2. The van der Waals surface area contributed by atoms with Gasteiger partial charge in [-0.15, -0.1) is 0 Å². The molecule has 1 amide bonds. The molecule has 88 valence electrons. The van der Waals surface area contributed by atoms with Crippen LogP contribution in [0.1, 0.15) is 18.5 Å². The lowest BCUT2D eigenvalue weighted by Gasteiger charge is -2.02. The van der Waals surface area contributed by atoms with E-state index < -0.39 is 5.97 Å². The Balaban J connectivity index is 2.15. The second kappa shape index (κ2) is 5.89. The molecule has 0 saturated heterocycles. The fraction of sp³-hybridized carbons (Fsp3) is 0.500. The summed E-state index contributed by atoms with van der Waals surface area (Å²) >= 11 is 0. The highest BCUT2D eigenvalue weighted by Crippen LogP contribution is 1.94. The minimum absolute atomic E-state index is 0.0253. The van der Waals surface area contributed by atoms with Crippen molar-refractivity contribution in [2.24, 2.45) is 7.05 Å². The number of aromatic nitrogens is 2. The van der Waals surface area contributed by atoms with Gasteiger partial charge in [-0.1, -0.05) is 0 Å². The smallest absolute Gasteiger partial charge is 0.303 e. The summed E-state index contributed by atoms with van der Waals surface area (Å²) in [5.74, 6) is -1.20. The third-order valence-corrected chi connectivity index (χ3v) is 2.04. The van der Waals surface area contributed by atoms with Crippen LogP contribution in [-0.2, 0) is 23.1 Å². The van der Waals surface area contributed by atoms with E-state index in [1.54, 1.807) is 4.68 Å². The molecule has 0 aliphatic carbocycles. The van der Waals surface area contributed by atoms with Gasteiger partial charge in [-0.3, -0.25) is 14.3 Å². The molecule has 0 aliphatic rings. The number of aryl methyl sites for hydroxylation is 1. The van der Waals surface area contributed by atoms with Crippen molar-refractivity contribution in [3.63, 3.8) is 0 Å². The van der Waals surface area contributed by atoms with Gasteiger partial charge < -0.3 is 10.4 Å². The molecule has 0 fully saturated rings. The molecule has 6 nitrogen and oxygen atoms in total. The van der Waals surface area contributed by atoms with Gasteiger partial charge in [0.25, 0.3) is 0 Å². The number of carbonyl (C=O) groups excluding carboxylic acids is 1. The van der Waals surface area contributed by atoms with Gasteiger partial charge in [0.05, 0.1) is 12.1 Å². The van der Waals surface area contributed by atoms with E-state index in [1.807, 2.05) is 19.3 Å². The van der Waals surface area contributed by atoms with Crippen LogP contribution in [0.25, 0.3) is 0 Å². The normalized spacial score (nSPS) is 10.1. The Kier molecular flexibility index (Phi) is 4.50. The van der Waals surface area contributed by atoms with Gasteiger partial charge in [0.15, 0.2) is 0 Å². The molecule has 0 saturated carbocycles. The fourth-order valence-electron chi connectivity index (χ4n) is 1.24.